The largest absolute Gasteiger partial charge is 0.329 e. The Hall–Kier alpha value is -3.06. The molecule has 0 bridgehead atoms. The van der Waals surface area contributed by atoms with Gasteiger partial charge in [-0.25, -0.2) is 8.78 Å². The molecule has 5 rings (SSSR count). The molecule has 0 saturated carbocycles. The summed E-state index contributed by atoms with van der Waals surface area (Å²) in [5.41, 5.74) is 2.53. The number of amides is 1. The minimum Gasteiger partial charge on any atom is -0.329 e. The van der Waals surface area contributed by atoms with Gasteiger partial charge in [0.2, 0.25) is 0 Å². The van der Waals surface area contributed by atoms with Crippen LogP contribution in [0, 0.1) is 11.6 Å². The number of nitrogens with zero attached hydrogens (tertiary/aromatic N) is 3. The third kappa shape index (κ3) is 2.70. The van der Waals surface area contributed by atoms with Crippen molar-refractivity contribution in [2.45, 2.75) is 13.1 Å². The van der Waals surface area contributed by atoms with E-state index < -0.39 is 11.6 Å². The lowest BCUT2D eigenvalue weighted by Gasteiger charge is -2.17. The van der Waals surface area contributed by atoms with Crippen LogP contribution in [0.1, 0.15) is 20.8 Å². The molecule has 0 N–H and O–H groups in total. The summed E-state index contributed by atoms with van der Waals surface area (Å²) in [6.07, 6.45) is 1.86. The lowest BCUT2D eigenvalue weighted by atomic mass is 10.0. The average Bonchev–Trinajstić information content (AvgIpc) is 3.33. The normalized spacial score (nSPS) is 13.5. The Kier molecular flexibility index (Phi) is 3.80. The molecule has 28 heavy (non-hydrogen) atoms. The van der Waals surface area contributed by atoms with Crippen molar-refractivity contribution in [3.05, 3.63) is 75.6 Å². The van der Waals surface area contributed by atoms with Crippen LogP contribution in [-0.2, 0) is 20.1 Å². The standard InChI is InChI=1S/C21H15F2N3OS/c1-25-9-14-6-12(2-3-19(14)24-25)13-7-17(22)16(18(23)8-13)10-26-11-20-15(21(26)27)4-5-28-20/h2-9H,10-11H2,1H3. The summed E-state index contributed by atoms with van der Waals surface area (Å²) < 4.78 is 31.2. The fourth-order valence-corrected chi connectivity index (χ4v) is 4.52. The van der Waals surface area contributed by atoms with E-state index in [9.17, 15) is 13.6 Å². The van der Waals surface area contributed by atoms with E-state index in [1.165, 1.54) is 28.4 Å². The lowest BCUT2D eigenvalue weighted by molar-refractivity contribution is 0.0764. The van der Waals surface area contributed by atoms with Crippen molar-refractivity contribution in [3.63, 3.8) is 0 Å². The number of aryl methyl sites for hydroxylation is 1. The second-order valence-corrected chi connectivity index (χ2v) is 7.91. The van der Waals surface area contributed by atoms with Gasteiger partial charge in [0.25, 0.3) is 5.91 Å². The molecule has 1 aliphatic heterocycles. The maximum absolute atomic E-state index is 14.8. The van der Waals surface area contributed by atoms with Crippen LogP contribution in [0.4, 0.5) is 8.78 Å². The number of hydrogen-bond acceptors (Lipinski definition) is 3. The van der Waals surface area contributed by atoms with Crippen molar-refractivity contribution in [3.8, 4) is 11.1 Å². The van der Waals surface area contributed by atoms with Gasteiger partial charge in [0, 0.05) is 29.1 Å². The second kappa shape index (κ2) is 6.24. The molecule has 1 aliphatic rings. The molecule has 2 aromatic heterocycles. The van der Waals surface area contributed by atoms with E-state index in [0.29, 0.717) is 23.2 Å². The molecule has 140 valence electrons. The summed E-state index contributed by atoms with van der Waals surface area (Å²) in [4.78, 5) is 14.8. The van der Waals surface area contributed by atoms with Gasteiger partial charge in [0.05, 0.1) is 24.2 Å². The fraction of sp³-hybridized carbons (Fsp3) is 0.143. The topological polar surface area (TPSA) is 38.1 Å². The van der Waals surface area contributed by atoms with Crippen LogP contribution in [0.15, 0.2) is 48.0 Å². The van der Waals surface area contributed by atoms with Crippen LogP contribution in [0.3, 0.4) is 0 Å². The van der Waals surface area contributed by atoms with E-state index in [4.69, 9.17) is 0 Å². The molecule has 7 heteroatoms. The summed E-state index contributed by atoms with van der Waals surface area (Å²) in [7, 11) is 1.83. The molecule has 0 radical (unpaired) electrons. The fourth-order valence-electron chi connectivity index (χ4n) is 3.64. The lowest BCUT2D eigenvalue weighted by Crippen LogP contribution is -2.24. The third-order valence-electron chi connectivity index (χ3n) is 5.04. The van der Waals surface area contributed by atoms with Gasteiger partial charge >= 0.3 is 0 Å². The molecule has 4 nitrogen and oxygen atoms in total. The minimum absolute atomic E-state index is 0.0835. The van der Waals surface area contributed by atoms with Crippen molar-refractivity contribution in [2.24, 2.45) is 7.05 Å². The van der Waals surface area contributed by atoms with Crippen LogP contribution in [0.25, 0.3) is 22.0 Å². The SMILES string of the molecule is Cn1cc2cc(-c3cc(F)c(CN4Cc5sccc5C4=O)c(F)c3)ccc2n1. The van der Waals surface area contributed by atoms with Crippen molar-refractivity contribution in [1.29, 1.82) is 0 Å². The first-order valence-corrected chi connectivity index (χ1v) is 9.65. The number of thiophene rings is 1. The maximum Gasteiger partial charge on any atom is 0.255 e. The minimum atomic E-state index is -0.649. The molecule has 4 aromatic rings. The van der Waals surface area contributed by atoms with Gasteiger partial charge in [-0.1, -0.05) is 6.07 Å². The highest BCUT2D eigenvalue weighted by Crippen LogP contribution is 2.31. The molecule has 0 fully saturated rings. The molecular weight excluding hydrogens is 380 g/mol. The van der Waals surface area contributed by atoms with Gasteiger partial charge in [-0.15, -0.1) is 11.3 Å². The van der Waals surface area contributed by atoms with Crippen molar-refractivity contribution >= 4 is 28.1 Å². The first kappa shape index (κ1) is 17.1. The zero-order chi connectivity index (χ0) is 19.4. The number of halogens is 2. The highest BCUT2D eigenvalue weighted by molar-refractivity contribution is 7.10. The molecule has 2 aromatic carbocycles. The third-order valence-corrected chi connectivity index (χ3v) is 5.95. The molecular formula is C21H15F2N3OS. The monoisotopic (exact) mass is 395 g/mol. The van der Waals surface area contributed by atoms with Crippen molar-refractivity contribution in [1.82, 2.24) is 14.7 Å². The van der Waals surface area contributed by atoms with E-state index in [-0.39, 0.29) is 18.0 Å². The molecule has 1 amide bonds. The quantitative estimate of drug-likeness (QED) is 0.503. The Morgan fingerprint density at radius 1 is 1.11 bits per heavy atom. The Balaban J connectivity index is 1.46. The molecule has 0 spiro atoms. The first-order chi connectivity index (χ1) is 13.5. The van der Waals surface area contributed by atoms with Crippen LogP contribution >= 0.6 is 11.3 Å². The second-order valence-electron chi connectivity index (χ2n) is 6.91. The number of fused-ring (bicyclic) bond motifs is 2. The van der Waals surface area contributed by atoms with Gasteiger partial charge in [0.15, 0.2) is 0 Å². The zero-order valence-corrected chi connectivity index (χ0v) is 15.8. The van der Waals surface area contributed by atoms with Crippen LogP contribution in [0.2, 0.25) is 0 Å². The molecule has 0 saturated heterocycles. The zero-order valence-electron chi connectivity index (χ0n) is 14.9. The van der Waals surface area contributed by atoms with Gasteiger partial charge in [-0.3, -0.25) is 9.48 Å². The summed E-state index contributed by atoms with van der Waals surface area (Å²) in [6, 6.07) is 9.89. The number of hydrogen-bond donors (Lipinski definition) is 0. The molecule has 0 aliphatic carbocycles. The number of aromatic nitrogens is 2. The van der Waals surface area contributed by atoms with Gasteiger partial charge in [0.1, 0.15) is 11.6 Å². The number of carbonyl (C=O) groups excluding carboxylic acids is 1. The van der Waals surface area contributed by atoms with E-state index in [0.717, 1.165) is 15.8 Å². The van der Waals surface area contributed by atoms with E-state index in [1.807, 2.05) is 30.8 Å². The van der Waals surface area contributed by atoms with Crippen molar-refractivity contribution < 1.29 is 13.6 Å². The van der Waals surface area contributed by atoms with Crippen LogP contribution < -0.4 is 0 Å². The highest BCUT2D eigenvalue weighted by Gasteiger charge is 2.29. The molecule has 0 unspecified atom stereocenters. The number of carbonyl (C=O) groups is 1. The summed E-state index contributed by atoms with van der Waals surface area (Å²) in [5.74, 6) is -1.48. The first-order valence-electron chi connectivity index (χ1n) is 8.77. The Labute approximate surface area is 163 Å². The Morgan fingerprint density at radius 3 is 2.64 bits per heavy atom. The van der Waals surface area contributed by atoms with Gasteiger partial charge in [-0.05, 0) is 46.8 Å². The van der Waals surface area contributed by atoms with E-state index in [2.05, 4.69) is 5.10 Å². The van der Waals surface area contributed by atoms with Crippen LogP contribution in [-0.4, -0.2) is 20.6 Å². The Bertz CT molecular complexity index is 1220. The van der Waals surface area contributed by atoms with E-state index in [1.54, 1.807) is 16.8 Å². The summed E-state index contributed by atoms with van der Waals surface area (Å²) >= 11 is 1.48. The molecule has 0 atom stereocenters. The molecule has 3 heterocycles. The van der Waals surface area contributed by atoms with Gasteiger partial charge in [-0.2, -0.15) is 5.10 Å². The van der Waals surface area contributed by atoms with Crippen LogP contribution in [0.5, 0.6) is 0 Å². The predicted octanol–water partition coefficient (Wildman–Crippen LogP) is 4.74. The number of benzene rings is 2. The summed E-state index contributed by atoms with van der Waals surface area (Å²) in [5, 5.41) is 7.06. The smallest absolute Gasteiger partial charge is 0.255 e. The Morgan fingerprint density at radius 2 is 1.89 bits per heavy atom. The highest BCUT2D eigenvalue weighted by atomic mass is 32.1. The van der Waals surface area contributed by atoms with Crippen molar-refractivity contribution in [2.75, 3.05) is 0 Å². The van der Waals surface area contributed by atoms with E-state index >= 15 is 0 Å². The average molecular weight is 395 g/mol. The number of rotatable bonds is 3. The summed E-state index contributed by atoms with van der Waals surface area (Å²) in [6.45, 7) is 0.309. The maximum atomic E-state index is 14.8. The predicted molar refractivity (Wildman–Crippen MR) is 104 cm³/mol. The van der Waals surface area contributed by atoms with Gasteiger partial charge < -0.3 is 4.90 Å².